The molecule has 1 aliphatic rings. The molecule has 1 N–H and O–H groups in total. The van der Waals surface area contributed by atoms with Crippen LogP contribution in [0.1, 0.15) is 36.0 Å². The van der Waals surface area contributed by atoms with Gasteiger partial charge in [0.1, 0.15) is 6.29 Å². The van der Waals surface area contributed by atoms with Crippen molar-refractivity contribution >= 4 is 17.9 Å². The van der Waals surface area contributed by atoms with Crippen molar-refractivity contribution in [2.24, 2.45) is 0 Å². The van der Waals surface area contributed by atoms with Crippen molar-refractivity contribution in [2.45, 2.75) is 31.7 Å². The fourth-order valence-corrected chi connectivity index (χ4v) is 2.36. The first kappa shape index (κ1) is 15.0. The molecular formula is C14H16N2O5. The van der Waals surface area contributed by atoms with Crippen molar-refractivity contribution in [3.63, 3.8) is 0 Å². The van der Waals surface area contributed by atoms with E-state index in [1.165, 1.54) is 12.1 Å². The second kappa shape index (κ2) is 6.83. The standard InChI is InChI=1S/C14H16N2O5/c17-8-10-5-6-13(12(7-10)16(19)20)21-9-14(18)15-11-3-1-2-4-11/h5-8,11H,1-4,9H2,(H,15,18). The molecule has 0 unspecified atom stereocenters. The van der Waals surface area contributed by atoms with Crippen LogP contribution in [0.4, 0.5) is 5.69 Å². The van der Waals surface area contributed by atoms with Crippen molar-refractivity contribution in [2.75, 3.05) is 6.61 Å². The van der Waals surface area contributed by atoms with Gasteiger partial charge in [0.15, 0.2) is 12.4 Å². The molecule has 7 nitrogen and oxygen atoms in total. The molecule has 0 saturated heterocycles. The molecule has 0 spiro atoms. The topological polar surface area (TPSA) is 98.5 Å². The highest BCUT2D eigenvalue weighted by molar-refractivity contribution is 5.79. The lowest BCUT2D eigenvalue weighted by Crippen LogP contribution is -2.36. The van der Waals surface area contributed by atoms with E-state index < -0.39 is 4.92 Å². The number of nitrogens with zero attached hydrogens (tertiary/aromatic N) is 1. The van der Waals surface area contributed by atoms with E-state index in [0.29, 0.717) is 6.29 Å². The smallest absolute Gasteiger partial charge is 0.311 e. The molecule has 1 saturated carbocycles. The highest BCUT2D eigenvalue weighted by Crippen LogP contribution is 2.27. The average Bonchev–Trinajstić information content (AvgIpc) is 2.97. The van der Waals surface area contributed by atoms with Crippen molar-refractivity contribution < 1.29 is 19.2 Å². The molecule has 0 radical (unpaired) electrons. The van der Waals surface area contributed by atoms with E-state index in [0.717, 1.165) is 31.7 Å². The maximum atomic E-state index is 11.7. The normalized spacial score (nSPS) is 14.7. The van der Waals surface area contributed by atoms with Crippen LogP contribution in [-0.4, -0.2) is 29.8 Å². The highest BCUT2D eigenvalue weighted by Gasteiger charge is 2.19. The Labute approximate surface area is 121 Å². The van der Waals surface area contributed by atoms with Gasteiger partial charge in [-0.05, 0) is 25.0 Å². The van der Waals surface area contributed by atoms with E-state index in [1.807, 2.05) is 0 Å². The van der Waals surface area contributed by atoms with E-state index in [2.05, 4.69) is 5.32 Å². The molecule has 112 valence electrons. The van der Waals surface area contributed by atoms with Crippen LogP contribution in [0.15, 0.2) is 18.2 Å². The Hall–Kier alpha value is -2.44. The molecule has 2 rings (SSSR count). The van der Waals surface area contributed by atoms with E-state index in [4.69, 9.17) is 4.74 Å². The Morgan fingerprint density at radius 1 is 1.43 bits per heavy atom. The van der Waals surface area contributed by atoms with Crippen LogP contribution in [-0.2, 0) is 4.79 Å². The van der Waals surface area contributed by atoms with Crippen LogP contribution in [0.3, 0.4) is 0 Å². The van der Waals surface area contributed by atoms with Crippen molar-refractivity contribution in [3.05, 3.63) is 33.9 Å². The number of carbonyl (C=O) groups is 2. The lowest BCUT2D eigenvalue weighted by atomic mass is 10.2. The summed E-state index contributed by atoms with van der Waals surface area (Å²) in [6, 6.07) is 4.03. The minimum atomic E-state index is -0.642. The largest absolute Gasteiger partial charge is 0.477 e. The quantitative estimate of drug-likeness (QED) is 0.490. The van der Waals surface area contributed by atoms with Crippen molar-refractivity contribution in [1.82, 2.24) is 5.32 Å². The molecular weight excluding hydrogens is 276 g/mol. The average molecular weight is 292 g/mol. The van der Waals surface area contributed by atoms with Crippen LogP contribution in [0.2, 0.25) is 0 Å². The third kappa shape index (κ3) is 4.01. The molecule has 1 fully saturated rings. The van der Waals surface area contributed by atoms with Gasteiger partial charge in [0.25, 0.3) is 5.91 Å². The van der Waals surface area contributed by atoms with Gasteiger partial charge in [-0.25, -0.2) is 0 Å². The molecule has 0 aromatic heterocycles. The number of hydrogen-bond donors (Lipinski definition) is 1. The van der Waals surface area contributed by atoms with Gasteiger partial charge in [0.05, 0.1) is 4.92 Å². The third-order valence-corrected chi connectivity index (χ3v) is 3.39. The van der Waals surface area contributed by atoms with Gasteiger partial charge in [-0.1, -0.05) is 12.8 Å². The maximum Gasteiger partial charge on any atom is 0.311 e. The first-order valence-corrected chi connectivity index (χ1v) is 6.76. The van der Waals surface area contributed by atoms with Gasteiger partial charge in [-0.3, -0.25) is 19.7 Å². The van der Waals surface area contributed by atoms with Crippen molar-refractivity contribution in [1.29, 1.82) is 0 Å². The zero-order valence-corrected chi connectivity index (χ0v) is 11.4. The number of nitro groups is 1. The molecule has 0 aliphatic heterocycles. The number of rotatable bonds is 6. The molecule has 1 amide bonds. The summed E-state index contributed by atoms with van der Waals surface area (Å²) in [5.41, 5.74) is -0.141. The third-order valence-electron chi connectivity index (χ3n) is 3.39. The molecule has 21 heavy (non-hydrogen) atoms. The molecule has 1 aromatic rings. The van der Waals surface area contributed by atoms with Gasteiger partial charge in [0, 0.05) is 17.7 Å². The van der Waals surface area contributed by atoms with Crippen LogP contribution < -0.4 is 10.1 Å². The van der Waals surface area contributed by atoms with E-state index >= 15 is 0 Å². The Kier molecular flexibility index (Phi) is 4.86. The van der Waals surface area contributed by atoms with Crippen LogP contribution in [0, 0.1) is 10.1 Å². The summed E-state index contributed by atoms with van der Waals surface area (Å²) in [6.45, 7) is -0.280. The summed E-state index contributed by atoms with van der Waals surface area (Å²) in [6.07, 6.45) is 4.64. The summed E-state index contributed by atoms with van der Waals surface area (Å²) in [7, 11) is 0. The van der Waals surface area contributed by atoms with E-state index in [1.54, 1.807) is 0 Å². The van der Waals surface area contributed by atoms with Crippen molar-refractivity contribution in [3.8, 4) is 5.75 Å². The lowest BCUT2D eigenvalue weighted by molar-refractivity contribution is -0.385. The maximum absolute atomic E-state index is 11.7. The van der Waals surface area contributed by atoms with Gasteiger partial charge in [0.2, 0.25) is 0 Å². The molecule has 1 aliphatic carbocycles. The molecule has 0 heterocycles. The van der Waals surface area contributed by atoms with Gasteiger partial charge < -0.3 is 10.1 Å². The molecule has 0 bridgehead atoms. The summed E-state index contributed by atoms with van der Waals surface area (Å²) >= 11 is 0. The number of aldehydes is 1. The number of nitrogens with one attached hydrogen (secondary N) is 1. The number of carbonyl (C=O) groups excluding carboxylic acids is 2. The van der Waals surface area contributed by atoms with E-state index in [-0.39, 0.29) is 35.6 Å². The lowest BCUT2D eigenvalue weighted by Gasteiger charge is -2.12. The van der Waals surface area contributed by atoms with Gasteiger partial charge in [-0.15, -0.1) is 0 Å². The second-order valence-corrected chi connectivity index (χ2v) is 4.94. The Balaban J connectivity index is 1.97. The molecule has 0 atom stereocenters. The fourth-order valence-electron chi connectivity index (χ4n) is 2.36. The van der Waals surface area contributed by atoms with Crippen LogP contribution >= 0.6 is 0 Å². The Morgan fingerprint density at radius 3 is 2.76 bits per heavy atom. The fraction of sp³-hybridized carbons (Fsp3) is 0.429. The number of hydrogen-bond acceptors (Lipinski definition) is 5. The number of nitro benzene ring substituents is 1. The predicted molar refractivity (Wildman–Crippen MR) is 74.4 cm³/mol. The van der Waals surface area contributed by atoms with Crippen LogP contribution in [0.5, 0.6) is 5.75 Å². The minimum absolute atomic E-state index is 0.0211. The summed E-state index contributed by atoms with van der Waals surface area (Å²) < 4.78 is 5.20. The zero-order chi connectivity index (χ0) is 15.2. The van der Waals surface area contributed by atoms with Gasteiger partial charge >= 0.3 is 5.69 Å². The SMILES string of the molecule is O=Cc1ccc(OCC(=O)NC2CCCC2)c([N+](=O)[O-])c1. The number of amides is 1. The minimum Gasteiger partial charge on any atom is -0.477 e. The summed E-state index contributed by atoms with van der Waals surface area (Å²) in [5.74, 6) is -0.317. The number of benzene rings is 1. The Morgan fingerprint density at radius 2 is 2.14 bits per heavy atom. The molecule has 7 heteroatoms. The highest BCUT2D eigenvalue weighted by atomic mass is 16.6. The predicted octanol–water partition coefficient (Wildman–Crippen LogP) is 1.84. The second-order valence-electron chi connectivity index (χ2n) is 4.94. The first-order chi connectivity index (χ1) is 10.1. The summed E-state index contributed by atoms with van der Waals surface area (Å²) in [4.78, 5) is 32.6. The summed E-state index contributed by atoms with van der Waals surface area (Å²) in [5, 5.41) is 13.8. The molecule has 1 aromatic carbocycles. The Bertz CT molecular complexity index is 552. The zero-order valence-electron chi connectivity index (χ0n) is 11.4. The number of ether oxygens (including phenoxy) is 1. The van der Waals surface area contributed by atoms with Crippen LogP contribution in [0.25, 0.3) is 0 Å². The monoisotopic (exact) mass is 292 g/mol. The first-order valence-electron chi connectivity index (χ1n) is 6.76. The van der Waals surface area contributed by atoms with E-state index in [9.17, 15) is 19.7 Å². The van der Waals surface area contributed by atoms with Gasteiger partial charge in [-0.2, -0.15) is 0 Å².